The molecule has 0 radical (unpaired) electrons. The number of Topliss-reactive ketones (excluding diaryl/α,β-unsaturated/α-hetero) is 1. The summed E-state index contributed by atoms with van der Waals surface area (Å²) in [4.78, 5) is 31.3. The number of methoxy groups -OCH3 is 1. The summed E-state index contributed by atoms with van der Waals surface area (Å²) in [5.41, 5.74) is 4.44. The number of carbonyl (C=O) groups excluding carboxylic acids is 2. The average molecular weight is 524 g/mol. The van der Waals surface area contributed by atoms with Gasteiger partial charge in [-0.2, -0.15) is 0 Å². The van der Waals surface area contributed by atoms with E-state index >= 15 is 0 Å². The van der Waals surface area contributed by atoms with Crippen molar-refractivity contribution in [2.45, 2.75) is 32.1 Å². The number of halogens is 1. The topological polar surface area (TPSA) is 80.3 Å². The van der Waals surface area contributed by atoms with Gasteiger partial charge in [0.1, 0.15) is 5.75 Å². The number of hydrogen-bond donors (Lipinski definition) is 2. The van der Waals surface area contributed by atoms with Crippen molar-refractivity contribution in [1.82, 2.24) is 10.3 Å². The second-order valence-electron chi connectivity index (χ2n) is 8.09. The van der Waals surface area contributed by atoms with Gasteiger partial charge in [-0.05, 0) is 44.0 Å². The average Bonchev–Trinajstić information content (AvgIpc) is 3.19. The van der Waals surface area contributed by atoms with Gasteiger partial charge in [0.2, 0.25) is 0 Å². The summed E-state index contributed by atoms with van der Waals surface area (Å²) in [5, 5.41) is 6.85. The molecule has 1 atom stereocenters. The van der Waals surface area contributed by atoms with Crippen LogP contribution in [0.4, 0.5) is 5.13 Å². The minimum absolute atomic E-state index is 0.0716. The molecule has 1 aromatic heterocycles. The van der Waals surface area contributed by atoms with Gasteiger partial charge in [0, 0.05) is 39.0 Å². The van der Waals surface area contributed by atoms with Crippen molar-refractivity contribution in [2.24, 2.45) is 0 Å². The van der Waals surface area contributed by atoms with Gasteiger partial charge in [0.15, 0.2) is 10.9 Å². The Morgan fingerprint density at radius 1 is 1.24 bits per heavy atom. The molecule has 168 valence electrons. The van der Waals surface area contributed by atoms with E-state index in [1.165, 1.54) is 11.3 Å². The Labute approximate surface area is 203 Å². The van der Waals surface area contributed by atoms with Gasteiger partial charge < -0.3 is 10.1 Å². The number of nitrogens with one attached hydrogen (secondary N) is 2. The molecule has 33 heavy (non-hydrogen) atoms. The zero-order chi connectivity index (χ0) is 23.1. The first-order valence-corrected chi connectivity index (χ1v) is 12.3. The summed E-state index contributed by atoms with van der Waals surface area (Å²) in [5.74, 6) is -0.0625. The lowest BCUT2D eigenvalue weighted by Gasteiger charge is -2.34. The summed E-state index contributed by atoms with van der Waals surface area (Å²) in [6.45, 7) is 1.88. The highest BCUT2D eigenvalue weighted by Crippen LogP contribution is 2.45. The molecule has 0 fully saturated rings. The summed E-state index contributed by atoms with van der Waals surface area (Å²) < 4.78 is 7.55. The van der Waals surface area contributed by atoms with E-state index in [1.54, 1.807) is 7.11 Å². The second-order valence-corrected chi connectivity index (χ2v) is 10.0. The normalized spacial score (nSPS) is 18.3. The summed E-state index contributed by atoms with van der Waals surface area (Å²) in [7, 11) is 1.60. The molecule has 1 unspecified atom stereocenters. The molecule has 8 heteroatoms. The predicted octanol–water partition coefficient (Wildman–Crippen LogP) is 5.67. The molecule has 0 spiro atoms. The standard InChI is InChI=1S/C25H22BrN3O3S/c1-13-21(24(31)29-25-28-16-11-10-14(26)12-20(16)33-25)22(15-6-3-4-9-19(15)32-2)23-17(27-13)7-5-8-18(23)30/h3-4,6,9-12,22,27H,5,7-8H2,1-2H3,(H,28,29,31). The molecule has 0 saturated heterocycles. The Bertz CT molecular complexity index is 1360. The number of anilines is 1. The molecular formula is C25H22BrN3O3S. The maximum Gasteiger partial charge on any atom is 0.256 e. The molecule has 2 aromatic carbocycles. The Hall–Kier alpha value is -2.97. The van der Waals surface area contributed by atoms with E-state index in [1.807, 2.05) is 49.4 Å². The molecule has 2 heterocycles. The van der Waals surface area contributed by atoms with Gasteiger partial charge in [-0.3, -0.25) is 14.9 Å². The minimum atomic E-state index is -0.506. The van der Waals surface area contributed by atoms with Gasteiger partial charge in [0.25, 0.3) is 5.91 Å². The number of thiazole rings is 1. The van der Waals surface area contributed by atoms with Crippen LogP contribution in [0.5, 0.6) is 5.75 Å². The monoisotopic (exact) mass is 523 g/mol. The first-order valence-electron chi connectivity index (χ1n) is 10.7. The van der Waals surface area contributed by atoms with Crippen LogP contribution in [-0.2, 0) is 9.59 Å². The molecule has 6 nitrogen and oxygen atoms in total. The van der Waals surface area contributed by atoms with E-state index in [2.05, 4.69) is 31.5 Å². The number of nitrogens with zero attached hydrogens (tertiary/aromatic N) is 1. The van der Waals surface area contributed by atoms with E-state index < -0.39 is 5.92 Å². The van der Waals surface area contributed by atoms with Crippen molar-refractivity contribution in [3.8, 4) is 5.75 Å². The first kappa shape index (κ1) is 21.9. The molecule has 1 aliphatic carbocycles. The maximum atomic E-state index is 13.7. The molecule has 0 bridgehead atoms. The van der Waals surface area contributed by atoms with Crippen molar-refractivity contribution >= 4 is 54.3 Å². The van der Waals surface area contributed by atoms with Crippen LogP contribution in [-0.4, -0.2) is 23.8 Å². The maximum absolute atomic E-state index is 13.7. The molecule has 2 aliphatic rings. The third-order valence-electron chi connectivity index (χ3n) is 6.04. The van der Waals surface area contributed by atoms with Gasteiger partial charge in [0.05, 0.1) is 23.2 Å². The second kappa shape index (κ2) is 8.76. The third-order valence-corrected chi connectivity index (χ3v) is 7.47. The van der Waals surface area contributed by atoms with Crippen molar-refractivity contribution in [1.29, 1.82) is 0 Å². The van der Waals surface area contributed by atoms with Crippen LogP contribution in [0.2, 0.25) is 0 Å². The quantitative estimate of drug-likeness (QED) is 0.460. The van der Waals surface area contributed by atoms with Crippen molar-refractivity contribution in [2.75, 3.05) is 12.4 Å². The van der Waals surface area contributed by atoms with Crippen LogP contribution < -0.4 is 15.4 Å². The molecule has 2 N–H and O–H groups in total. The number of benzene rings is 2. The molecule has 3 aromatic rings. The minimum Gasteiger partial charge on any atom is -0.496 e. The van der Waals surface area contributed by atoms with Crippen LogP contribution in [0.3, 0.4) is 0 Å². The third kappa shape index (κ3) is 3.98. The van der Waals surface area contributed by atoms with E-state index in [0.717, 1.165) is 44.5 Å². The smallest absolute Gasteiger partial charge is 0.256 e. The van der Waals surface area contributed by atoms with Crippen LogP contribution in [0.25, 0.3) is 10.2 Å². The fraction of sp³-hybridized carbons (Fsp3) is 0.240. The molecule has 1 amide bonds. The molecular weight excluding hydrogens is 502 g/mol. The van der Waals surface area contributed by atoms with E-state index in [4.69, 9.17) is 4.74 Å². The summed E-state index contributed by atoms with van der Waals surface area (Å²) >= 11 is 4.89. The number of amides is 1. The number of carbonyl (C=O) groups is 2. The number of hydrogen-bond acceptors (Lipinski definition) is 6. The molecule has 1 aliphatic heterocycles. The predicted molar refractivity (Wildman–Crippen MR) is 133 cm³/mol. The Morgan fingerprint density at radius 2 is 2.06 bits per heavy atom. The van der Waals surface area contributed by atoms with Gasteiger partial charge >= 0.3 is 0 Å². The Kier molecular flexibility index (Phi) is 5.80. The lowest BCUT2D eigenvalue weighted by Crippen LogP contribution is -2.35. The highest BCUT2D eigenvalue weighted by Gasteiger charge is 2.39. The number of aromatic nitrogens is 1. The number of ether oxygens (including phenoxy) is 1. The lowest BCUT2D eigenvalue weighted by molar-refractivity contribution is -0.116. The number of rotatable bonds is 4. The van der Waals surface area contributed by atoms with Crippen LogP contribution in [0, 0.1) is 0 Å². The fourth-order valence-electron chi connectivity index (χ4n) is 4.62. The zero-order valence-electron chi connectivity index (χ0n) is 18.2. The van der Waals surface area contributed by atoms with Crippen molar-refractivity contribution in [3.05, 3.63) is 75.0 Å². The molecule has 5 rings (SSSR count). The summed E-state index contributed by atoms with van der Waals surface area (Å²) in [6.07, 6.45) is 2.07. The highest BCUT2D eigenvalue weighted by atomic mass is 79.9. The molecule has 0 saturated carbocycles. The van der Waals surface area contributed by atoms with E-state index in [-0.39, 0.29) is 11.7 Å². The van der Waals surface area contributed by atoms with Crippen molar-refractivity contribution < 1.29 is 14.3 Å². The largest absolute Gasteiger partial charge is 0.496 e. The van der Waals surface area contributed by atoms with Crippen LogP contribution in [0.1, 0.15) is 37.7 Å². The number of dihydropyridines is 1. The van der Waals surface area contributed by atoms with Crippen LogP contribution in [0.15, 0.2) is 69.5 Å². The fourth-order valence-corrected chi connectivity index (χ4v) is 6.03. The van der Waals surface area contributed by atoms with Crippen LogP contribution >= 0.6 is 27.3 Å². The Morgan fingerprint density at radius 3 is 2.88 bits per heavy atom. The van der Waals surface area contributed by atoms with E-state index in [0.29, 0.717) is 28.4 Å². The van der Waals surface area contributed by atoms with Crippen molar-refractivity contribution in [3.63, 3.8) is 0 Å². The number of para-hydroxylation sites is 1. The zero-order valence-corrected chi connectivity index (χ0v) is 20.6. The SMILES string of the molecule is COc1ccccc1C1C(C(=O)Nc2nc3ccc(Br)cc3s2)=C(C)NC2=C1C(=O)CCC2. The lowest BCUT2D eigenvalue weighted by atomic mass is 9.74. The van der Waals surface area contributed by atoms with Gasteiger partial charge in [-0.25, -0.2) is 4.98 Å². The number of fused-ring (bicyclic) bond motifs is 1. The summed E-state index contributed by atoms with van der Waals surface area (Å²) in [6, 6.07) is 13.4. The van der Waals surface area contributed by atoms with E-state index in [9.17, 15) is 9.59 Å². The van der Waals surface area contributed by atoms with Gasteiger partial charge in [-0.1, -0.05) is 45.5 Å². The Balaban J connectivity index is 1.58. The number of allylic oxidation sites excluding steroid dienone is 3. The number of ketones is 1. The van der Waals surface area contributed by atoms with Gasteiger partial charge in [-0.15, -0.1) is 0 Å². The first-order chi connectivity index (χ1) is 16.0. The highest BCUT2D eigenvalue weighted by molar-refractivity contribution is 9.10.